The molecule has 0 aromatic carbocycles. The Morgan fingerprint density at radius 2 is 2.06 bits per heavy atom. The maximum absolute atomic E-state index is 5.48. The fourth-order valence-electron chi connectivity index (χ4n) is 1.33. The van der Waals surface area contributed by atoms with E-state index < -0.39 is 0 Å². The van der Waals surface area contributed by atoms with Crippen LogP contribution in [0.3, 0.4) is 0 Å². The van der Waals surface area contributed by atoms with Crippen molar-refractivity contribution in [3.05, 3.63) is 24.0 Å². The standard InChI is InChI=1S/C12H21N3O3/c1-16-7-8-17-5-2-6-18-10-12-9-11(15-13)3-4-14-12/h3-4,9H,2,5-8,10,13H2,1H3,(H,14,15). The average Bonchev–Trinajstić information content (AvgIpc) is 2.42. The number of nitrogens with zero attached hydrogens (tertiary/aromatic N) is 1. The summed E-state index contributed by atoms with van der Waals surface area (Å²) < 4.78 is 15.7. The second kappa shape index (κ2) is 9.78. The third-order valence-corrected chi connectivity index (χ3v) is 2.24. The zero-order chi connectivity index (χ0) is 13.1. The van der Waals surface area contributed by atoms with Gasteiger partial charge in [0.2, 0.25) is 0 Å². The van der Waals surface area contributed by atoms with E-state index in [9.17, 15) is 0 Å². The molecule has 0 bridgehead atoms. The summed E-state index contributed by atoms with van der Waals surface area (Å²) in [4.78, 5) is 4.18. The molecule has 0 aliphatic carbocycles. The van der Waals surface area contributed by atoms with Crippen molar-refractivity contribution >= 4 is 5.69 Å². The number of pyridine rings is 1. The molecule has 0 radical (unpaired) electrons. The number of hydrazine groups is 1. The lowest BCUT2D eigenvalue weighted by molar-refractivity contribution is 0.0478. The Kier molecular flexibility index (Phi) is 8.07. The number of methoxy groups -OCH3 is 1. The van der Waals surface area contributed by atoms with Crippen molar-refractivity contribution in [1.82, 2.24) is 4.98 Å². The first-order chi connectivity index (χ1) is 8.86. The van der Waals surface area contributed by atoms with E-state index in [1.807, 2.05) is 6.07 Å². The van der Waals surface area contributed by atoms with Gasteiger partial charge in [0.1, 0.15) is 0 Å². The van der Waals surface area contributed by atoms with Gasteiger partial charge in [0.05, 0.1) is 31.2 Å². The van der Waals surface area contributed by atoms with Crippen molar-refractivity contribution in [1.29, 1.82) is 0 Å². The number of nitrogens with one attached hydrogen (secondary N) is 1. The number of ether oxygens (including phenoxy) is 3. The van der Waals surface area contributed by atoms with Crippen molar-refractivity contribution < 1.29 is 14.2 Å². The molecule has 6 nitrogen and oxygen atoms in total. The third-order valence-electron chi connectivity index (χ3n) is 2.24. The summed E-state index contributed by atoms with van der Waals surface area (Å²) in [6, 6.07) is 3.65. The van der Waals surface area contributed by atoms with E-state index in [0.29, 0.717) is 33.0 Å². The normalized spacial score (nSPS) is 10.6. The summed E-state index contributed by atoms with van der Waals surface area (Å²) >= 11 is 0. The van der Waals surface area contributed by atoms with Crippen LogP contribution < -0.4 is 11.3 Å². The lowest BCUT2D eigenvalue weighted by atomic mass is 10.3. The number of hydrogen-bond acceptors (Lipinski definition) is 6. The van der Waals surface area contributed by atoms with Crippen LogP contribution in [0.15, 0.2) is 18.3 Å². The van der Waals surface area contributed by atoms with Gasteiger partial charge in [0.15, 0.2) is 0 Å². The Morgan fingerprint density at radius 3 is 2.83 bits per heavy atom. The molecule has 0 aliphatic rings. The molecule has 0 saturated heterocycles. The molecular weight excluding hydrogens is 234 g/mol. The van der Waals surface area contributed by atoms with Crippen LogP contribution in [0.5, 0.6) is 0 Å². The second-order valence-electron chi connectivity index (χ2n) is 3.69. The van der Waals surface area contributed by atoms with Gasteiger partial charge in [0, 0.05) is 26.5 Å². The van der Waals surface area contributed by atoms with Crippen molar-refractivity contribution in [2.24, 2.45) is 5.84 Å². The summed E-state index contributed by atoms with van der Waals surface area (Å²) in [6.07, 6.45) is 2.56. The molecule has 0 atom stereocenters. The van der Waals surface area contributed by atoms with Crippen LogP contribution in [0.2, 0.25) is 0 Å². The minimum atomic E-state index is 0.480. The van der Waals surface area contributed by atoms with Crippen LogP contribution in [0.25, 0.3) is 0 Å². The lowest BCUT2D eigenvalue weighted by Gasteiger charge is -2.06. The minimum Gasteiger partial charge on any atom is -0.382 e. The molecule has 3 N–H and O–H groups in total. The Balaban J connectivity index is 2.03. The first-order valence-electron chi connectivity index (χ1n) is 5.93. The smallest absolute Gasteiger partial charge is 0.0888 e. The predicted molar refractivity (Wildman–Crippen MR) is 69.0 cm³/mol. The van der Waals surface area contributed by atoms with Crippen LogP contribution in [0.1, 0.15) is 12.1 Å². The molecule has 0 unspecified atom stereocenters. The molecule has 0 fully saturated rings. The molecule has 102 valence electrons. The molecule has 0 amide bonds. The van der Waals surface area contributed by atoms with E-state index in [2.05, 4.69) is 10.4 Å². The highest BCUT2D eigenvalue weighted by Crippen LogP contribution is 2.06. The topological polar surface area (TPSA) is 78.6 Å². The highest BCUT2D eigenvalue weighted by atomic mass is 16.5. The monoisotopic (exact) mass is 255 g/mol. The number of aromatic nitrogens is 1. The minimum absolute atomic E-state index is 0.480. The zero-order valence-electron chi connectivity index (χ0n) is 10.7. The van der Waals surface area contributed by atoms with E-state index >= 15 is 0 Å². The van der Waals surface area contributed by atoms with Gasteiger partial charge in [-0.25, -0.2) is 0 Å². The zero-order valence-corrected chi connectivity index (χ0v) is 10.7. The van der Waals surface area contributed by atoms with Gasteiger partial charge in [-0.3, -0.25) is 10.8 Å². The molecule has 0 aliphatic heterocycles. The number of rotatable bonds is 10. The van der Waals surface area contributed by atoms with E-state index in [0.717, 1.165) is 17.8 Å². The van der Waals surface area contributed by atoms with Gasteiger partial charge in [0.25, 0.3) is 0 Å². The maximum Gasteiger partial charge on any atom is 0.0888 e. The molecular formula is C12H21N3O3. The lowest BCUT2D eigenvalue weighted by Crippen LogP contribution is -2.08. The molecule has 1 rings (SSSR count). The van der Waals surface area contributed by atoms with E-state index in [-0.39, 0.29) is 0 Å². The van der Waals surface area contributed by atoms with E-state index in [1.54, 1.807) is 19.4 Å². The number of nitrogens with two attached hydrogens (primary N) is 1. The van der Waals surface area contributed by atoms with Gasteiger partial charge in [-0.2, -0.15) is 0 Å². The van der Waals surface area contributed by atoms with Gasteiger partial charge >= 0.3 is 0 Å². The van der Waals surface area contributed by atoms with Crippen LogP contribution >= 0.6 is 0 Å². The van der Waals surface area contributed by atoms with Crippen molar-refractivity contribution in [2.45, 2.75) is 13.0 Å². The predicted octanol–water partition coefficient (Wildman–Crippen LogP) is 0.937. The largest absolute Gasteiger partial charge is 0.382 e. The van der Waals surface area contributed by atoms with Crippen LogP contribution in [-0.4, -0.2) is 38.5 Å². The fourth-order valence-corrected chi connectivity index (χ4v) is 1.33. The molecule has 1 aromatic heterocycles. The SMILES string of the molecule is COCCOCCCOCc1cc(NN)ccn1. The van der Waals surface area contributed by atoms with Crippen LogP contribution in [0.4, 0.5) is 5.69 Å². The molecule has 1 heterocycles. The number of nitrogen functional groups attached to an aromatic ring is 1. The number of hydrogen-bond donors (Lipinski definition) is 2. The van der Waals surface area contributed by atoms with Gasteiger partial charge in [-0.1, -0.05) is 0 Å². The van der Waals surface area contributed by atoms with Crippen LogP contribution in [0, 0.1) is 0 Å². The Bertz CT molecular complexity index is 323. The van der Waals surface area contributed by atoms with Crippen molar-refractivity contribution in [2.75, 3.05) is 39.0 Å². The molecule has 1 aromatic rings. The van der Waals surface area contributed by atoms with E-state index in [4.69, 9.17) is 20.1 Å². The summed E-state index contributed by atoms with van der Waals surface area (Å²) in [7, 11) is 1.66. The number of anilines is 1. The quantitative estimate of drug-likeness (QED) is 0.368. The summed E-state index contributed by atoms with van der Waals surface area (Å²) in [6.45, 7) is 3.07. The highest BCUT2D eigenvalue weighted by molar-refractivity contribution is 5.41. The van der Waals surface area contributed by atoms with Gasteiger partial charge < -0.3 is 19.6 Å². The fraction of sp³-hybridized carbons (Fsp3) is 0.583. The maximum atomic E-state index is 5.48. The van der Waals surface area contributed by atoms with Crippen molar-refractivity contribution in [3.63, 3.8) is 0 Å². The molecule has 0 saturated carbocycles. The van der Waals surface area contributed by atoms with Crippen LogP contribution in [-0.2, 0) is 20.8 Å². The molecule has 0 spiro atoms. The second-order valence-corrected chi connectivity index (χ2v) is 3.69. The Labute approximate surface area is 107 Å². The van der Waals surface area contributed by atoms with E-state index in [1.165, 1.54) is 0 Å². The average molecular weight is 255 g/mol. The Morgan fingerprint density at radius 1 is 1.22 bits per heavy atom. The van der Waals surface area contributed by atoms with Gasteiger partial charge in [-0.05, 0) is 18.6 Å². The molecule has 6 heteroatoms. The summed E-state index contributed by atoms with van der Waals surface area (Å²) in [5.41, 5.74) is 4.25. The Hall–Kier alpha value is -1.21. The third kappa shape index (κ3) is 6.51. The summed E-state index contributed by atoms with van der Waals surface area (Å²) in [5.74, 6) is 5.31. The highest BCUT2D eigenvalue weighted by Gasteiger charge is 1.97. The summed E-state index contributed by atoms with van der Waals surface area (Å²) in [5, 5.41) is 0. The first-order valence-corrected chi connectivity index (χ1v) is 5.93. The first kappa shape index (κ1) is 14.8. The van der Waals surface area contributed by atoms with Gasteiger partial charge in [-0.15, -0.1) is 0 Å². The van der Waals surface area contributed by atoms with Crippen molar-refractivity contribution in [3.8, 4) is 0 Å². The molecule has 18 heavy (non-hydrogen) atoms.